The van der Waals surface area contributed by atoms with E-state index >= 15 is 0 Å². The van der Waals surface area contributed by atoms with Crippen molar-refractivity contribution in [3.05, 3.63) is 23.8 Å². The van der Waals surface area contributed by atoms with Crippen LogP contribution in [0.15, 0.2) is 23.1 Å². The fourth-order valence-corrected chi connectivity index (χ4v) is 2.83. The molecule has 0 bridgehead atoms. The van der Waals surface area contributed by atoms with Crippen molar-refractivity contribution in [3.8, 4) is 0 Å². The Morgan fingerprint density at radius 2 is 2.06 bits per heavy atom. The second-order valence-electron chi connectivity index (χ2n) is 4.46. The van der Waals surface area contributed by atoms with Crippen LogP contribution in [0.2, 0.25) is 0 Å². The third kappa shape index (κ3) is 2.94. The van der Waals surface area contributed by atoms with Gasteiger partial charge in [0.25, 0.3) is 0 Å². The fourth-order valence-electron chi connectivity index (χ4n) is 2.27. The Hall–Kier alpha value is -0.710. The standard InChI is InChI=1S/C13H21N3S/c1-10(16-7-5-15-6-8-16)11-3-4-12(14)13(9-11)17-2/h3-4,9-10,15H,5-8,14H2,1-2H3. The zero-order chi connectivity index (χ0) is 12.3. The number of thioether (sulfide) groups is 1. The van der Waals surface area contributed by atoms with Gasteiger partial charge in [-0.25, -0.2) is 0 Å². The maximum absolute atomic E-state index is 5.93. The number of anilines is 1. The molecule has 1 aliphatic heterocycles. The van der Waals surface area contributed by atoms with Gasteiger partial charge in [-0.15, -0.1) is 11.8 Å². The van der Waals surface area contributed by atoms with Crippen molar-refractivity contribution in [3.63, 3.8) is 0 Å². The van der Waals surface area contributed by atoms with E-state index < -0.39 is 0 Å². The largest absolute Gasteiger partial charge is 0.398 e. The van der Waals surface area contributed by atoms with Crippen LogP contribution in [0.25, 0.3) is 0 Å². The van der Waals surface area contributed by atoms with Gasteiger partial charge in [0, 0.05) is 42.8 Å². The molecule has 4 heteroatoms. The number of hydrogen-bond donors (Lipinski definition) is 2. The predicted octanol–water partition coefficient (Wildman–Crippen LogP) is 1.96. The van der Waals surface area contributed by atoms with E-state index in [0.29, 0.717) is 6.04 Å². The molecule has 1 heterocycles. The van der Waals surface area contributed by atoms with Crippen LogP contribution in [0.5, 0.6) is 0 Å². The molecule has 1 unspecified atom stereocenters. The minimum absolute atomic E-state index is 0.476. The normalized spacial score (nSPS) is 19.2. The molecule has 0 aliphatic carbocycles. The highest BCUT2D eigenvalue weighted by molar-refractivity contribution is 7.98. The Kier molecular flexibility index (Phi) is 4.31. The van der Waals surface area contributed by atoms with Gasteiger partial charge in [0.1, 0.15) is 0 Å². The van der Waals surface area contributed by atoms with Gasteiger partial charge >= 0.3 is 0 Å². The van der Waals surface area contributed by atoms with Crippen LogP contribution >= 0.6 is 11.8 Å². The summed E-state index contributed by atoms with van der Waals surface area (Å²) in [5.41, 5.74) is 8.18. The molecule has 1 atom stereocenters. The van der Waals surface area contributed by atoms with Crippen molar-refractivity contribution >= 4 is 17.4 Å². The number of benzene rings is 1. The summed E-state index contributed by atoms with van der Waals surface area (Å²) < 4.78 is 0. The fraction of sp³-hybridized carbons (Fsp3) is 0.538. The van der Waals surface area contributed by atoms with Gasteiger partial charge in [-0.3, -0.25) is 4.90 Å². The van der Waals surface area contributed by atoms with Crippen molar-refractivity contribution in [2.45, 2.75) is 17.9 Å². The van der Waals surface area contributed by atoms with E-state index in [1.807, 2.05) is 6.07 Å². The summed E-state index contributed by atoms with van der Waals surface area (Å²) in [7, 11) is 0. The number of hydrogen-bond acceptors (Lipinski definition) is 4. The summed E-state index contributed by atoms with van der Waals surface area (Å²) in [6, 6.07) is 6.89. The molecule has 2 rings (SSSR count). The van der Waals surface area contributed by atoms with E-state index in [4.69, 9.17) is 5.73 Å². The lowest BCUT2D eigenvalue weighted by Gasteiger charge is -2.33. The molecule has 0 aromatic heterocycles. The Morgan fingerprint density at radius 1 is 1.35 bits per heavy atom. The summed E-state index contributed by atoms with van der Waals surface area (Å²) in [5.74, 6) is 0. The first-order valence-electron chi connectivity index (χ1n) is 6.10. The van der Waals surface area contributed by atoms with Crippen molar-refractivity contribution in [2.75, 3.05) is 38.2 Å². The lowest BCUT2D eigenvalue weighted by Crippen LogP contribution is -2.44. The first kappa shape index (κ1) is 12.7. The van der Waals surface area contributed by atoms with Gasteiger partial charge in [-0.1, -0.05) is 6.07 Å². The molecule has 3 nitrogen and oxygen atoms in total. The van der Waals surface area contributed by atoms with Crippen molar-refractivity contribution in [1.82, 2.24) is 10.2 Å². The summed E-state index contributed by atoms with van der Waals surface area (Å²) in [6.07, 6.45) is 2.07. The van der Waals surface area contributed by atoms with Gasteiger partial charge in [-0.2, -0.15) is 0 Å². The first-order chi connectivity index (χ1) is 8.22. The molecule has 1 aliphatic rings. The van der Waals surface area contributed by atoms with Crippen LogP contribution in [-0.4, -0.2) is 37.3 Å². The highest BCUT2D eigenvalue weighted by Gasteiger charge is 2.18. The third-order valence-electron chi connectivity index (χ3n) is 3.44. The average Bonchev–Trinajstić information content (AvgIpc) is 2.39. The number of nitrogens with zero attached hydrogens (tertiary/aromatic N) is 1. The van der Waals surface area contributed by atoms with Gasteiger partial charge < -0.3 is 11.1 Å². The highest BCUT2D eigenvalue weighted by atomic mass is 32.2. The molecule has 0 saturated carbocycles. The Labute approximate surface area is 108 Å². The van der Waals surface area contributed by atoms with Crippen LogP contribution in [0.4, 0.5) is 5.69 Å². The SMILES string of the molecule is CSc1cc(C(C)N2CCNCC2)ccc1N. The first-order valence-corrected chi connectivity index (χ1v) is 7.33. The zero-order valence-corrected chi connectivity index (χ0v) is 11.4. The van der Waals surface area contributed by atoms with E-state index in [-0.39, 0.29) is 0 Å². The topological polar surface area (TPSA) is 41.3 Å². The number of rotatable bonds is 3. The van der Waals surface area contributed by atoms with Crippen LogP contribution in [0, 0.1) is 0 Å². The van der Waals surface area contributed by atoms with Crippen molar-refractivity contribution in [2.24, 2.45) is 0 Å². The lowest BCUT2D eigenvalue weighted by atomic mass is 10.1. The number of nitrogens with two attached hydrogens (primary N) is 1. The molecule has 17 heavy (non-hydrogen) atoms. The average molecular weight is 251 g/mol. The molecule has 0 radical (unpaired) electrons. The second-order valence-corrected chi connectivity index (χ2v) is 5.31. The zero-order valence-electron chi connectivity index (χ0n) is 10.6. The molecule has 0 amide bonds. The predicted molar refractivity (Wildman–Crippen MR) is 75.5 cm³/mol. The maximum atomic E-state index is 5.93. The molecule has 1 aromatic carbocycles. The summed E-state index contributed by atoms with van der Waals surface area (Å²) in [4.78, 5) is 3.70. The van der Waals surface area contributed by atoms with Crippen molar-refractivity contribution in [1.29, 1.82) is 0 Å². The number of nitrogen functional groups attached to an aromatic ring is 1. The molecular weight excluding hydrogens is 230 g/mol. The van der Waals surface area contributed by atoms with Crippen LogP contribution in [0.3, 0.4) is 0 Å². The molecular formula is C13H21N3S. The minimum atomic E-state index is 0.476. The number of piperazine rings is 1. The van der Waals surface area contributed by atoms with Crippen LogP contribution in [0.1, 0.15) is 18.5 Å². The van der Waals surface area contributed by atoms with E-state index in [2.05, 4.69) is 35.5 Å². The van der Waals surface area contributed by atoms with Crippen LogP contribution in [-0.2, 0) is 0 Å². The minimum Gasteiger partial charge on any atom is -0.398 e. The monoisotopic (exact) mass is 251 g/mol. The molecule has 1 saturated heterocycles. The van der Waals surface area contributed by atoms with Crippen LogP contribution < -0.4 is 11.1 Å². The van der Waals surface area contributed by atoms with E-state index in [1.165, 1.54) is 10.5 Å². The number of nitrogens with one attached hydrogen (secondary N) is 1. The van der Waals surface area contributed by atoms with Gasteiger partial charge in [0.15, 0.2) is 0 Å². The van der Waals surface area contributed by atoms with Gasteiger partial charge in [0.2, 0.25) is 0 Å². The smallest absolute Gasteiger partial charge is 0.0452 e. The molecule has 94 valence electrons. The summed E-state index contributed by atoms with van der Waals surface area (Å²) in [5, 5.41) is 3.39. The molecule has 3 N–H and O–H groups in total. The quantitative estimate of drug-likeness (QED) is 0.636. The summed E-state index contributed by atoms with van der Waals surface area (Å²) in [6.45, 7) is 6.71. The summed E-state index contributed by atoms with van der Waals surface area (Å²) >= 11 is 1.72. The van der Waals surface area contributed by atoms with Gasteiger partial charge in [0.05, 0.1) is 0 Å². The highest BCUT2D eigenvalue weighted by Crippen LogP contribution is 2.28. The van der Waals surface area contributed by atoms with Crippen molar-refractivity contribution < 1.29 is 0 Å². The molecule has 0 spiro atoms. The van der Waals surface area contributed by atoms with E-state index in [1.54, 1.807) is 11.8 Å². The Balaban J connectivity index is 2.15. The third-order valence-corrected chi connectivity index (χ3v) is 4.23. The lowest BCUT2D eigenvalue weighted by molar-refractivity contribution is 0.185. The Morgan fingerprint density at radius 3 is 2.71 bits per heavy atom. The van der Waals surface area contributed by atoms with E-state index in [0.717, 1.165) is 31.9 Å². The van der Waals surface area contributed by atoms with Gasteiger partial charge in [-0.05, 0) is 30.9 Å². The Bertz CT molecular complexity index is 375. The maximum Gasteiger partial charge on any atom is 0.0452 e. The second kappa shape index (κ2) is 5.76. The molecule has 1 aromatic rings. The van der Waals surface area contributed by atoms with E-state index in [9.17, 15) is 0 Å². The molecule has 1 fully saturated rings.